The zero-order valence-electron chi connectivity index (χ0n) is 16.6. The Labute approximate surface area is 170 Å². The standard InChI is InChI=1S/C23H24ClNO3/c1-5-14-28-18-12-6-15(7-13-18)19-20(24)22(27)25(21(19)26)17-10-8-16(9-11-17)23(2,3)4/h6-13H,5,14H2,1-4H3. The van der Waals surface area contributed by atoms with Crippen LogP contribution in [0.3, 0.4) is 0 Å². The van der Waals surface area contributed by atoms with Gasteiger partial charge in [0.1, 0.15) is 10.8 Å². The summed E-state index contributed by atoms with van der Waals surface area (Å²) < 4.78 is 5.57. The molecule has 0 bridgehead atoms. The van der Waals surface area contributed by atoms with Crippen LogP contribution in [0.15, 0.2) is 53.6 Å². The van der Waals surface area contributed by atoms with Gasteiger partial charge in [0.05, 0.1) is 17.9 Å². The average molecular weight is 398 g/mol. The number of carbonyl (C=O) groups is 2. The lowest BCUT2D eigenvalue weighted by atomic mass is 9.87. The molecule has 5 heteroatoms. The molecule has 2 amide bonds. The molecule has 0 fully saturated rings. The molecule has 0 N–H and O–H groups in total. The van der Waals surface area contributed by atoms with E-state index in [9.17, 15) is 9.59 Å². The van der Waals surface area contributed by atoms with Crippen LogP contribution in [0.2, 0.25) is 0 Å². The minimum absolute atomic E-state index is 0.0137. The van der Waals surface area contributed by atoms with Gasteiger partial charge in [-0.05, 0) is 47.2 Å². The Morgan fingerprint density at radius 2 is 1.54 bits per heavy atom. The number of benzene rings is 2. The monoisotopic (exact) mass is 397 g/mol. The van der Waals surface area contributed by atoms with Gasteiger partial charge in [-0.1, -0.05) is 63.6 Å². The first-order valence-electron chi connectivity index (χ1n) is 9.36. The molecule has 0 radical (unpaired) electrons. The zero-order chi connectivity index (χ0) is 20.5. The first-order chi connectivity index (χ1) is 13.2. The van der Waals surface area contributed by atoms with Crippen LogP contribution in [0.4, 0.5) is 5.69 Å². The number of carbonyl (C=O) groups excluding carboxylic acids is 2. The second kappa shape index (κ2) is 7.80. The van der Waals surface area contributed by atoms with Gasteiger partial charge in [-0.2, -0.15) is 0 Å². The van der Waals surface area contributed by atoms with E-state index in [1.165, 1.54) is 0 Å². The van der Waals surface area contributed by atoms with Crippen molar-refractivity contribution in [1.29, 1.82) is 0 Å². The molecule has 1 aliphatic rings. The molecular formula is C23H24ClNO3. The summed E-state index contributed by atoms with van der Waals surface area (Å²) in [6.07, 6.45) is 0.911. The summed E-state index contributed by atoms with van der Waals surface area (Å²) in [5, 5.41) is -0.0628. The predicted octanol–water partition coefficient (Wildman–Crippen LogP) is 5.30. The van der Waals surface area contributed by atoms with Crippen molar-refractivity contribution >= 4 is 34.7 Å². The summed E-state index contributed by atoms with van der Waals surface area (Å²) in [5.41, 5.74) is 2.44. The van der Waals surface area contributed by atoms with Crippen LogP contribution in [0.25, 0.3) is 5.57 Å². The third kappa shape index (κ3) is 3.83. The zero-order valence-corrected chi connectivity index (χ0v) is 17.3. The topological polar surface area (TPSA) is 46.6 Å². The number of anilines is 1. The maximum absolute atomic E-state index is 13.0. The maximum atomic E-state index is 13.0. The van der Waals surface area contributed by atoms with Gasteiger partial charge >= 0.3 is 0 Å². The van der Waals surface area contributed by atoms with Gasteiger partial charge < -0.3 is 4.74 Å². The lowest BCUT2D eigenvalue weighted by Crippen LogP contribution is -2.31. The summed E-state index contributed by atoms with van der Waals surface area (Å²) in [6.45, 7) is 8.98. The smallest absolute Gasteiger partial charge is 0.277 e. The molecule has 0 aromatic heterocycles. The summed E-state index contributed by atoms with van der Waals surface area (Å²) in [4.78, 5) is 26.8. The van der Waals surface area contributed by atoms with Crippen LogP contribution in [0, 0.1) is 0 Å². The highest BCUT2D eigenvalue weighted by atomic mass is 35.5. The van der Waals surface area contributed by atoms with Gasteiger partial charge in [-0.15, -0.1) is 0 Å². The van der Waals surface area contributed by atoms with Gasteiger partial charge in [0.2, 0.25) is 0 Å². The Morgan fingerprint density at radius 1 is 0.929 bits per heavy atom. The number of rotatable bonds is 5. The third-order valence-corrected chi connectivity index (χ3v) is 4.99. The maximum Gasteiger partial charge on any atom is 0.277 e. The Kier molecular flexibility index (Phi) is 5.61. The van der Waals surface area contributed by atoms with Crippen molar-refractivity contribution < 1.29 is 14.3 Å². The van der Waals surface area contributed by atoms with E-state index in [1.54, 1.807) is 36.4 Å². The molecule has 4 nitrogen and oxygen atoms in total. The van der Waals surface area contributed by atoms with Crippen LogP contribution in [0.1, 0.15) is 45.2 Å². The van der Waals surface area contributed by atoms with E-state index in [1.807, 2.05) is 19.1 Å². The molecule has 28 heavy (non-hydrogen) atoms. The van der Waals surface area contributed by atoms with Crippen molar-refractivity contribution in [3.8, 4) is 5.75 Å². The molecule has 2 aromatic carbocycles. The van der Waals surface area contributed by atoms with Gasteiger partial charge in [0, 0.05) is 0 Å². The van der Waals surface area contributed by atoms with Crippen molar-refractivity contribution in [2.75, 3.05) is 11.5 Å². The van der Waals surface area contributed by atoms with E-state index < -0.39 is 11.8 Å². The molecule has 0 atom stereocenters. The molecule has 0 spiro atoms. The number of imide groups is 1. The molecule has 3 rings (SSSR count). The van der Waals surface area contributed by atoms with Crippen LogP contribution in [0.5, 0.6) is 5.75 Å². The minimum atomic E-state index is -0.503. The number of halogens is 1. The van der Waals surface area contributed by atoms with E-state index in [4.69, 9.17) is 16.3 Å². The fourth-order valence-electron chi connectivity index (χ4n) is 3.04. The van der Waals surface area contributed by atoms with Gasteiger partial charge in [0.25, 0.3) is 11.8 Å². The molecular weight excluding hydrogens is 374 g/mol. The van der Waals surface area contributed by atoms with Crippen LogP contribution in [-0.2, 0) is 15.0 Å². The summed E-state index contributed by atoms with van der Waals surface area (Å²) in [5.74, 6) is -0.203. The van der Waals surface area contributed by atoms with Gasteiger partial charge in [-0.25, -0.2) is 4.90 Å². The SMILES string of the molecule is CCCOc1ccc(C2=C(Cl)C(=O)N(c3ccc(C(C)(C)C)cc3)C2=O)cc1. The molecule has 0 saturated heterocycles. The lowest BCUT2D eigenvalue weighted by Gasteiger charge is -2.21. The summed E-state index contributed by atoms with van der Waals surface area (Å²) in [7, 11) is 0. The molecule has 0 unspecified atom stereocenters. The highest BCUT2D eigenvalue weighted by Crippen LogP contribution is 2.36. The van der Waals surface area contributed by atoms with Crippen molar-refractivity contribution in [2.24, 2.45) is 0 Å². The van der Waals surface area contributed by atoms with Crippen molar-refractivity contribution in [3.05, 3.63) is 64.7 Å². The normalized spacial score (nSPS) is 14.8. The van der Waals surface area contributed by atoms with Crippen molar-refractivity contribution in [2.45, 2.75) is 39.5 Å². The van der Waals surface area contributed by atoms with E-state index >= 15 is 0 Å². The highest BCUT2D eigenvalue weighted by molar-refractivity contribution is 6.60. The molecule has 1 aliphatic heterocycles. The van der Waals surface area contributed by atoms with Crippen LogP contribution >= 0.6 is 11.6 Å². The van der Waals surface area contributed by atoms with Crippen LogP contribution in [-0.4, -0.2) is 18.4 Å². The second-order valence-electron chi connectivity index (χ2n) is 7.80. The summed E-state index contributed by atoms with van der Waals surface area (Å²) in [6, 6.07) is 14.5. The van der Waals surface area contributed by atoms with Gasteiger partial charge in [0.15, 0.2) is 0 Å². The predicted molar refractivity (Wildman–Crippen MR) is 113 cm³/mol. The molecule has 0 saturated carbocycles. The number of nitrogens with zero attached hydrogens (tertiary/aromatic N) is 1. The van der Waals surface area contributed by atoms with Crippen LogP contribution < -0.4 is 9.64 Å². The average Bonchev–Trinajstić information content (AvgIpc) is 2.89. The fourth-order valence-corrected chi connectivity index (χ4v) is 3.31. The molecule has 2 aromatic rings. The van der Waals surface area contributed by atoms with E-state index in [2.05, 4.69) is 20.8 Å². The van der Waals surface area contributed by atoms with Crippen molar-refractivity contribution in [1.82, 2.24) is 0 Å². The largest absolute Gasteiger partial charge is 0.494 e. The fraction of sp³-hybridized carbons (Fsp3) is 0.304. The Balaban J connectivity index is 1.88. The molecule has 0 aliphatic carbocycles. The van der Waals surface area contributed by atoms with Crippen molar-refractivity contribution in [3.63, 3.8) is 0 Å². The van der Waals surface area contributed by atoms with E-state index in [-0.39, 0.29) is 16.0 Å². The quantitative estimate of drug-likeness (QED) is 0.643. The Bertz CT molecular complexity index is 922. The number of amides is 2. The lowest BCUT2D eigenvalue weighted by molar-refractivity contribution is -0.119. The Hall–Kier alpha value is -2.59. The summed E-state index contributed by atoms with van der Waals surface area (Å²) >= 11 is 6.27. The number of hydrogen-bond acceptors (Lipinski definition) is 3. The molecule has 1 heterocycles. The Morgan fingerprint density at radius 3 is 2.07 bits per heavy atom. The second-order valence-corrected chi connectivity index (χ2v) is 8.18. The first kappa shape index (κ1) is 20.2. The van der Waals surface area contributed by atoms with Gasteiger partial charge in [-0.3, -0.25) is 9.59 Å². The number of ether oxygens (including phenoxy) is 1. The first-order valence-corrected chi connectivity index (χ1v) is 9.74. The minimum Gasteiger partial charge on any atom is -0.494 e. The molecule has 146 valence electrons. The van der Waals surface area contributed by atoms with E-state index in [0.717, 1.165) is 16.9 Å². The van der Waals surface area contributed by atoms with E-state index in [0.29, 0.717) is 23.6 Å². The number of hydrogen-bond donors (Lipinski definition) is 0. The highest BCUT2D eigenvalue weighted by Gasteiger charge is 2.39. The third-order valence-electron chi connectivity index (χ3n) is 4.63.